The van der Waals surface area contributed by atoms with E-state index in [0.717, 1.165) is 37.4 Å². The van der Waals surface area contributed by atoms with Gasteiger partial charge in [-0.25, -0.2) is 4.98 Å². The summed E-state index contributed by atoms with van der Waals surface area (Å²) in [7, 11) is 0. The Morgan fingerprint density at radius 2 is 1.88 bits per heavy atom. The van der Waals surface area contributed by atoms with Crippen LogP contribution in [0.2, 0.25) is 5.02 Å². The topological polar surface area (TPSA) is 57.3 Å². The highest BCUT2D eigenvalue weighted by Gasteiger charge is 2.11. The van der Waals surface area contributed by atoms with Gasteiger partial charge in [-0.2, -0.15) is 0 Å². The van der Waals surface area contributed by atoms with Crippen LogP contribution in [0.5, 0.6) is 0 Å². The van der Waals surface area contributed by atoms with Gasteiger partial charge in [0.1, 0.15) is 5.82 Å². The number of benzene rings is 1. The average molecular weight is 367 g/mol. The van der Waals surface area contributed by atoms with E-state index in [1.807, 2.05) is 30.5 Å². The Morgan fingerprint density at radius 3 is 2.50 bits per heavy atom. The van der Waals surface area contributed by atoms with Gasteiger partial charge in [0, 0.05) is 31.2 Å². The lowest BCUT2D eigenvalue weighted by atomic mass is 10.1. The van der Waals surface area contributed by atoms with Crippen LogP contribution in [0, 0.1) is 0 Å². The van der Waals surface area contributed by atoms with Gasteiger partial charge in [0.05, 0.1) is 18.3 Å². The molecule has 1 fully saturated rings. The number of rotatable bonds is 4. The van der Waals surface area contributed by atoms with Gasteiger partial charge in [0.15, 0.2) is 0 Å². The lowest BCUT2D eigenvalue weighted by Crippen LogP contribution is -2.43. The van der Waals surface area contributed by atoms with E-state index in [0.29, 0.717) is 17.3 Å². The second-order valence-electron chi connectivity index (χ2n) is 5.49. The maximum absolute atomic E-state index is 12.1. The lowest BCUT2D eigenvalue weighted by molar-refractivity contribution is -0.115. The van der Waals surface area contributed by atoms with Crippen molar-refractivity contribution >= 4 is 41.4 Å². The summed E-state index contributed by atoms with van der Waals surface area (Å²) >= 11 is 5.84. The number of hydrogen-bond donors (Lipinski definition) is 2. The summed E-state index contributed by atoms with van der Waals surface area (Å²) in [4.78, 5) is 18.7. The number of pyridine rings is 1. The molecule has 0 bridgehead atoms. The highest BCUT2D eigenvalue weighted by atomic mass is 35.5. The molecular formula is C17H20Cl2N4O. The third-order valence-corrected chi connectivity index (χ3v) is 4.03. The molecule has 0 radical (unpaired) electrons. The molecule has 2 heterocycles. The second-order valence-corrected chi connectivity index (χ2v) is 5.93. The van der Waals surface area contributed by atoms with Crippen molar-refractivity contribution in [2.24, 2.45) is 0 Å². The number of carbonyl (C=O) groups is 1. The molecule has 1 aromatic carbocycles. The molecule has 1 aliphatic heterocycles. The number of carbonyl (C=O) groups excluding carboxylic acids is 1. The van der Waals surface area contributed by atoms with Gasteiger partial charge in [-0.1, -0.05) is 23.7 Å². The summed E-state index contributed by atoms with van der Waals surface area (Å²) in [5, 5.41) is 6.81. The van der Waals surface area contributed by atoms with E-state index in [1.165, 1.54) is 0 Å². The zero-order valence-corrected chi connectivity index (χ0v) is 14.7. The largest absolute Gasteiger partial charge is 0.368 e. The molecule has 1 aliphatic rings. The predicted molar refractivity (Wildman–Crippen MR) is 100 cm³/mol. The normalized spacial score (nSPS) is 14.0. The van der Waals surface area contributed by atoms with E-state index < -0.39 is 0 Å². The number of hydrogen-bond acceptors (Lipinski definition) is 4. The van der Waals surface area contributed by atoms with E-state index in [9.17, 15) is 4.79 Å². The Hall–Kier alpha value is -1.82. The molecule has 0 atom stereocenters. The Bertz CT molecular complexity index is 655. The second kappa shape index (κ2) is 8.87. The van der Waals surface area contributed by atoms with Gasteiger partial charge < -0.3 is 15.5 Å². The number of halogens is 2. The monoisotopic (exact) mass is 366 g/mol. The third-order valence-electron chi connectivity index (χ3n) is 3.78. The minimum Gasteiger partial charge on any atom is -0.368 e. The van der Waals surface area contributed by atoms with Gasteiger partial charge in [-0.3, -0.25) is 4.79 Å². The molecule has 2 aromatic rings. The first-order chi connectivity index (χ1) is 11.2. The Balaban J connectivity index is 0.00000208. The number of piperazine rings is 1. The molecule has 1 saturated heterocycles. The minimum absolute atomic E-state index is 0. The van der Waals surface area contributed by atoms with E-state index >= 15 is 0 Å². The SMILES string of the molecule is Cl.O=C(Cc1ccc(Cl)cc1)Nc1ccc(N2CCNCC2)cn1. The molecular weight excluding hydrogens is 347 g/mol. The van der Waals surface area contributed by atoms with Crippen LogP contribution in [-0.4, -0.2) is 37.1 Å². The third kappa shape index (κ3) is 5.09. The van der Waals surface area contributed by atoms with Crippen LogP contribution in [0.25, 0.3) is 0 Å². The van der Waals surface area contributed by atoms with Crippen LogP contribution in [0.1, 0.15) is 5.56 Å². The van der Waals surface area contributed by atoms with Crippen LogP contribution in [0.15, 0.2) is 42.6 Å². The minimum atomic E-state index is -0.0882. The van der Waals surface area contributed by atoms with Crippen molar-refractivity contribution in [1.29, 1.82) is 0 Å². The molecule has 5 nitrogen and oxygen atoms in total. The maximum Gasteiger partial charge on any atom is 0.229 e. The van der Waals surface area contributed by atoms with Gasteiger partial charge in [0.2, 0.25) is 5.91 Å². The first-order valence-corrected chi connectivity index (χ1v) is 8.04. The van der Waals surface area contributed by atoms with Crippen LogP contribution >= 0.6 is 24.0 Å². The summed E-state index contributed by atoms with van der Waals surface area (Å²) in [6.07, 6.45) is 2.11. The van der Waals surface area contributed by atoms with Crippen molar-refractivity contribution in [3.8, 4) is 0 Å². The standard InChI is InChI=1S/C17H19ClN4O.ClH/c18-14-3-1-13(2-4-14)11-17(23)21-16-6-5-15(12-20-16)22-9-7-19-8-10-22;/h1-6,12,19H,7-11H2,(H,20,21,23);1H. The van der Waals surface area contributed by atoms with Crippen LogP contribution < -0.4 is 15.5 Å². The molecule has 0 aliphatic carbocycles. The molecule has 1 amide bonds. The Morgan fingerprint density at radius 1 is 1.17 bits per heavy atom. The summed E-state index contributed by atoms with van der Waals surface area (Å²) in [5.41, 5.74) is 2.01. The van der Waals surface area contributed by atoms with E-state index in [-0.39, 0.29) is 18.3 Å². The first kappa shape index (κ1) is 18.5. The summed E-state index contributed by atoms with van der Waals surface area (Å²) in [5.74, 6) is 0.484. The van der Waals surface area contributed by atoms with Gasteiger partial charge in [0.25, 0.3) is 0 Å². The van der Waals surface area contributed by atoms with Crippen LogP contribution in [0.4, 0.5) is 11.5 Å². The zero-order chi connectivity index (χ0) is 16.1. The van der Waals surface area contributed by atoms with Crippen molar-refractivity contribution in [3.05, 3.63) is 53.2 Å². The average Bonchev–Trinajstić information content (AvgIpc) is 2.58. The molecule has 3 rings (SSSR count). The quantitative estimate of drug-likeness (QED) is 0.873. The fourth-order valence-electron chi connectivity index (χ4n) is 2.54. The van der Waals surface area contributed by atoms with Crippen molar-refractivity contribution in [3.63, 3.8) is 0 Å². The fraction of sp³-hybridized carbons (Fsp3) is 0.294. The maximum atomic E-state index is 12.1. The van der Waals surface area contributed by atoms with Crippen LogP contribution in [0.3, 0.4) is 0 Å². The van der Waals surface area contributed by atoms with E-state index in [1.54, 1.807) is 12.1 Å². The first-order valence-electron chi connectivity index (χ1n) is 7.67. The molecule has 0 spiro atoms. The highest BCUT2D eigenvalue weighted by Crippen LogP contribution is 2.16. The van der Waals surface area contributed by atoms with Crippen molar-refractivity contribution in [2.45, 2.75) is 6.42 Å². The number of anilines is 2. The molecule has 128 valence electrons. The Labute approximate surface area is 152 Å². The summed E-state index contributed by atoms with van der Waals surface area (Å²) < 4.78 is 0. The fourth-order valence-corrected chi connectivity index (χ4v) is 2.67. The number of aromatic nitrogens is 1. The summed E-state index contributed by atoms with van der Waals surface area (Å²) in [6.45, 7) is 3.92. The highest BCUT2D eigenvalue weighted by molar-refractivity contribution is 6.30. The number of nitrogens with one attached hydrogen (secondary N) is 2. The molecule has 7 heteroatoms. The number of nitrogens with zero attached hydrogens (tertiary/aromatic N) is 2. The molecule has 1 aromatic heterocycles. The van der Waals surface area contributed by atoms with Gasteiger partial charge in [-0.15, -0.1) is 12.4 Å². The molecule has 0 saturated carbocycles. The van der Waals surface area contributed by atoms with Crippen LogP contribution in [-0.2, 0) is 11.2 Å². The van der Waals surface area contributed by atoms with Crippen molar-refractivity contribution in [1.82, 2.24) is 10.3 Å². The lowest BCUT2D eigenvalue weighted by Gasteiger charge is -2.29. The molecule has 2 N–H and O–H groups in total. The predicted octanol–water partition coefficient (Wildman–Crippen LogP) is 2.75. The molecule has 0 unspecified atom stereocenters. The zero-order valence-electron chi connectivity index (χ0n) is 13.2. The van der Waals surface area contributed by atoms with E-state index in [2.05, 4.69) is 20.5 Å². The Kier molecular flexibility index (Phi) is 6.85. The summed E-state index contributed by atoms with van der Waals surface area (Å²) in [6, 6.07) is 11.1. The molecule has 24 heavy (non-hydrogen) atoms. The van der Waals surface area contributed by atoms with Crippen molar-refractivity contribution in [2.75, 3.05) is 36.4 Å². The van der Waals surface area contributed by atoms with Crippen molar-refractivity contribution < 1.29 is 4.79 Å². The van der Waals surface area contributed by atoms with Gasteiger partial charge >= 0.3 is 0 Å². The number of amides is 1. The van der Waals surface area contributed by atoms with E-state index in [4.69, 9.17) is 11.6 Å². The van der Waals surface area contributed by atoms with Gasteiger partial charge in [-0.05, 0) is 29.8 Å². The smallest absolute Gasteiger partial charge is 0.229 e.